The molecule has 2 aliphatic rings. The van der Waals surface area contributed by atoms with E-state index in [2.05, 4.69) is 31.2 Å². The Balaban J connectivity index is 1.80. The monoisotopic (exact) mass is 487 g/mol. The van der Waals surface area contributed by atoms with Gasteiger partial charge in [0.1, 0.15) is 12.1 Å². The van der Waals surface area contributed by atoms with E-state index in [1.165, 1.54) is 6.33 Å². The number of carbonyl (C=O) groups is 3. The molecule has 0 spiro atoms. The molecule has 3 N–H and O–H groups in total. The Morgan fingerprint density at radius 3 is 2.44 bits per heavy atom. The number of nitrogens with two attached hydrogens (primary N) is 1. The lowest BCUT2D eigenvalue weighted by Crippen LogP contribution is -2.26. The van der Waals surface area contributed by atoms with Gasteiger partial charge in [-0.15, -0.1) is 0 Å². The standard InChI is InChI=1S/C22H10BrN5O4/c23-11-6-12(28-13(29)5-10-14(20(28)24)22(32)27-21(10)31)15-16-17(25-7-26-18(11)16)8-3-1-2-4-9(8)19(15)30/h1-7H,24H2,(H,27,31,32). The lowest BCUT2D eigenvalue weighted by atomic mass is 9.85. The summed E-state index contributed by atoms with van der Waals surface area (Å²) in [6.07, 6.45) is 1.41. The number of fused-ring (bicyclic) bond motifs is 3. The number of halogens is 1. The summed E-state index contributed by atoms with van der Waals surface area (Å²) in [5.74, 6) is -1.96. The van der Waals surface area contributed by atoms with Crippen molar-refractivity contribution in [2.45, 2.75) is 0 Å². The molecule has 2 amide bonds. The van der Waals surface area contributed by atoms with Gasteiger partial charge in [0.05, 0.1) is 33.6 Å². The van der Waals surface area contributed by atoms with Crippen molar-refractivity contribution in [2.75, 3.05) is 5.73 Å². The molecule has 9 nitrogen and oxygen atoms in total. The minimum atomic E-state index is -0.703. The zero-order chi connectivity index (χ0) is 22.3. The van der Waals surface area contributed by atoms with Gasteiger partial charge in [-0.1, -0.05) is 24.3 Å². The van der Waals surface area contributed by atoms with E-state index in [1.54, 1.807) is 24.3 Å². The van der Waals surface area contributed by atoms with E-state index >= 15 is 0 Å². The van der Waals surface area contributed by atoms with Crippen molar-refractivity contribution in [2.24, 2.45) is 0 Å². The smallest absolute Gasteiger partial charge is 0.262 e. The second kappa shape index (κ2) is 6.17. The molecule has 154 valence electrons. The molecule has 0 saturated heterocycles. The Morgan fingerprint density at radius 2 is 1.66 bits per heavy atom. The molecule has 0 saturated carbocycles. The second-order valence-corrected chi connectivity index (χ2v) is 8.20. The molecule has 0 fully saturated rings. The fourth-order valence-electron chi connectivity index (χ4n) is 4.35. The van der Waals surface area contributed by atoms with E-state index in [0.29, 0.717) is 32.2 Å². The number of aromatic nitrogens is 3. The largest absolute Gasteiger partial charge is 0.384 e. The van der Waals surface area contributed by atoms with Crippen molar-refractivity contribution < 1.29 is 14.4 Å². The Labute approximate surface area is 187 Å². The highest BCUT2D eigenvalue weighted by atomic mass is 79.9. The van der Waals surface area contributed by atoms with Crippen LogP contribution in [-0.2, 0) is 0 Å². The number of carbonyl (C=O) groups excluding carboxylic acids is 3. The normalized spacial score (nSPS) is 13.8. The maximum atomic E-state index is 13.6. The molecule has 2 aromatic carbocycles. The third-order valence-corrected chi connectivity index (χ3v) is 6.30. The van der Waals surface area contributed by atoms with Gasteiger partial charge in [-0.3, -0.25) is 29.1 Å². The van der Waals surface area contributed by atoms with Crippen LogP contribution in [0.3, 0.4) is 0 Å². The first-order valence-electron chi connectivity index (χ1n) is 9.41. The zero-order valence-corrected chi connectivity index (χ0v) is 17.6. The van der Waals surface area contributed by atoms with Crippen LogP contribution in [0.4, 0.5) is 5.82 Å². The van der Waals surface area contributed by atoms with Crippen LogP contribution >= 0.6 is 15.9 Å². The van der Waals surface area contributed by atoms with Crippen LogP contribution in [0.25, 0.3) is 27.8 Å². The predicted octanol–water partition coefficient (Wildman–Crippen LogP) is 2.22. The van der Waals surface area contributed by atoms with Crippen LogP contribution in [0.5, 0.6) is 0 Å². The van der Waals surface area contributed by atoms with E-state index in [0.717, 1.165) is 10.6 Å². The summed E-state index contributed by atoms with van der Waals surface area (Å²) in [7, 11) is 0. The average Bonchev–Trinajstić information content (AvgIpc) is 3.06. The number of hydrogen-bond donors (Lipinski definition) is 2. The minimum absolute atomic E-state index is 0.0945. The summed E-state index contributed by atoms with van der Waals surface area (Å²) < 4.78 is 1.58. The van der Waals surface area contributed by atoms with Crippen molar-refractivity contribution in [3.63, 3.8) is 0 Å². The molecule has 6 rings (SSSR count). The summed E-state index contributed by atoms with van der Waals surface area (Å²) in [5.41, 5.74) is 7.84. The molecule has 4 aromatic rings. The van der Waals surface area contributed by atoms with Crippen molar-refractivity contribution in [1.29, 1.82) is 0 Å². The summed E-state index contributed by atoms with van der Waals surface area (Å²) in [4.78, 5) is 59.7. The van der Waals surface area contributed by atoms with Crippen LogP contribution < -0.4 is 16.6 Å². The topological polar surface area (TPSA) is 137 Å². The molecule has 32 heavy (non-hydrogen) atoms. The highest BCUT2D eigenvalue weighted by Gasteiger charge is 2.35. The lowest BCUT2D eigenvalue weighted by molar-refractivity contribution is 0.0879. The summed E-state index contributed by atoms with van der Waals surface area (Å²) in [6.45, 7) is 0. The molecule has 1 aliphatic carbocycles. The zero-order valence-electron chi connectivity index (χ0n) is 16.0. The van der Waals surface area contributed by atoms with E-state index in [9.17, 15) is 19.2 Å². The summed E-state index contributed by atoms with van der Waals surface area (Å²) in [6, 6.07) is 9.62. The molecule has 0 atom stereocenters. The van der Waals surface area contributed by atoms with E-state index in [1.807, 2.05) is 6.07 Å². The van der Waals surface area contributed by atoms with Crippen LogP contribution in [0, 0.1) is 0 Å². The molecule has 2 aromatic heterocycles. The van der Waals surface area contributed by atoms with Crippen LogP contribution in [-0.4, -0.2) is 32.1 Å². The van der Waals surface area contributed by atoms with Crippen LogP contribution in [0.15, 0.2) is 52.0 Å². The van der Waals surface area contributed by atoms with Gasteiger partial charge in [0.2, 0.25) is 0 Å². The Kier molecular flexibility index (Phi) is 3.58. The molecule has 1 aliphatic heterocycles. The predicted molar refractivity (Wildman–Crippen MR) is 118 cm³/mol. The van der Waals surface area contributed by atoms with Crippen molar-refractivity contribution in [3.8, 4) is 16.9 Å². The van der Waals surface area contributed by atoms with Gasteiger partial charge in [-0.25, -0.2) is 9.97 Å². The number of nitrogen functional groups attached to an aromatic ring is 1. The first kappa shape index (κ1) is 18.6. The summed E-state index contributed by atoms with van der Waals surface area (Å²) in [5, 5.41) is 2.60. The van der Waals surface area contributed by atoms with Crippen molar-refractivity contribution in [1.82, 2.24) is 19.9 Å². The first-order valence-corrected chi connectivity index (χ1v) is 10.2. The van der Waals surface area contributed by atoms with Gasteiger partial charge in [-0.05, 0) is 22.0 Å². The van der Waals surface area contributed by atoms with Crippen LogP contribution in [0.2, 0.25) is 0 Å². The number of pyridine rings is 1. The van der Waals surface area contributed by atoms with Gasteiger partial charge in [0.15, 0.2) is 5.78 Å². The third kappa shape index (κ3) is 2.21. The van der Waals surface area contributed by atoms with Crippen LogP contribution in [0.1, 0.15) is 36.6 Å². The van der Waals surface area contributed by atoms with Gasteiger partial charge >= 0.3 is 0 Å². The molecular formula is C22H10BrN5O4. The highest BCUT2D eigenvalue weighted by Crippen LogP contribution is 2.42. The fraction of sp³-hybridized carbons (Fsp3) is 0. The number of amides is 2. The molecule has 0 bridgehead atoms. The quantitative estimate of drug-likeness (QED) is 0.345. The Hall–Kier alpha value is -4.18. The highest BCUT2D eigenvalue weighted by molar-refractivity contribution is 9.10. The minimum Gasteiger partial charge on any atom is -0.384 e. The number of rotatable bonds is 1. The maximum Gasteiger partial charge on any atom is 0.262 e. The van der Waals surface area contributed by atoms with Gasteiger partial charge in [-0.2, -0.15) is 0 Å². The Morgan fingerprint density at radius 1 is 0.906 bits per heavy atom. The van der Waals surface area contributed by atoms with E-state index in [-0.39, 0.29) is 34.0 Å². The molecule has 0 unspecified atom stereocenters. The SMILES string of the molecule is Nc1c2c(cc(=O)n1-c1cc(Br)c3ncnc4c3c1C(=O)c1ccccc1-4)C(=O)NC2=O. The van der Waals surface area contributed by atoms with Gasteiger partial charge < -0.3 is 5.73 Å². The summed E-state index contributed by atoms with van der Waals surface area (Å²) >= 11 is 3.47. The second-order valence-electron chi connectivity index (χ2n) is 7.35. The molecule has 0 radical (unpaired) electrons. The average molecular weight is 488 g/mol. The van der Waals surface area contributed by atoms with Gasteiger partial charge in [0.25, 0.3) is 17.4 Å². The number of nitrogens with zero attached hydrogens (tertiary/aromatic N) is 3. The number of anilines is 1. The molecule has 10 heteroatoms. The number of nitrogens with one attached hydrogen (secondary N) is 1. The molecular weight excluding hydrogens is 478 g/mol. The number of hydrogen-bond acceptors (Lipinski definition) is 7. The van der Waals surface area contributed by atoms with Crippen molar-refractivity contribution >= 4 is 50.2 Å². The maximum absolute atomic E-state index is 13.6. The Bertz CT molecular complexity index is 1660. The number of ketones is 1. The molecule has 3 heterocycles. The van der Waals surface area contributed by atoms with E-state index in [4.69, 9.17) is 5.73 Å². The van der Waals surface area contributed by atoms with E-state index < -0.39 is 17.4 Å². The third-order valence-electron chi connectivity index (χ3n) is 5.69. The van der Waals surface area contributed by atoms with Gasteiger partial charge in [0, 0.05) is 27.1 Å². The first-order chi connectivity index (χ1) is 15.4. The number of imide groups is 1. The fourth-order valence-corrected chi connectivity index (χ4v) is 4.87. The van der Waals surface area contributed by atoms with Crippen molar-refractivity contribution in [3.05, 3.63) is 79.8 Å². The number of benzene rings is 2. The lowest BCUT2D eigenvalue weighted by Gasteiger charge is -2.23.